The molecule has 1 fully saturated rings. The van der Waals surface area contributed by atoms with E-state index in [4.69, 9.17) is 9.84 Å². The standard InChI is InChI=1S/C16H22N2O4/c1-11(2)12-3-4-13(17-10-12)15(21)18-16(9-14(19)20)5-7-22-8-6-16/h3-4,10-11H,5-9H2,1-2H3,(H,18,21)(H,19,20). The molecule has 1 aromatic rings. The van der Waals surface area contributed by atoms with Gasteiger partial charge in [-0.2, -0.15) is 0 Å². The molecule has 0 atom stereocenters. The van der Waals surface area contributed by atoms with Crippen LogP contribution in [-0.2, 0) is 9.53 Å². The summed E-state index contributed by atoms with van der Waals surface area (Å²) in [4.78, 5) is 27.7. The largest absolute Gasteiger partial charge is 0.481 e. The molecule has 1 aromatic heterocycles. The van der Waals surface area contributed by atoms with E-state index in [1.54, 1.807) is 12.3 Å². The van der Waals surface area contributed by atoms with Crippen molar-refractivity contribution in [2.45, 2.75) is 44.6 Å². The van der Waals surface area contributed by atoms with Crippen LogP contribution in [-0.4, -0.2) is 40.7 Å². The van der Waals surface area contributed by atoms with Gasteiger partial charge in [0.2, 0.25) is 0 Å². The summed E-state index contributed by atoms with van der Waals surface area (Å²) in [6.45, 7) is 5.02. The van der Waals surface area contributed by atoms with E-state index >= 15 is 0 Å². The Balaban J connectivity index is 2.11. The second kappa shape index (κ2) is 6.87. The van der Waals surface area contributed by atoms with Crippen LogP contribution in [0.15, 0.2) is 18.3 Å². The highest BCUT2D eigenvalue weighted by Gasteiger charge is 2.36. The third kappa shape index (κ3) is 4.04. The van der Waals surface area contributed by atoms with E-state index in [2.05, 4.69) is 24.1 Å². The van der Waals surface area contributed by atoms with Gasteiger partial charge in [0, 0.05) is 19.4 Å². The fourth-order valence-electron chi connectivity index (χ4n) is 2.58. The number of carboxylic acid groups (broad SMARTS) is 1. The first kappa shape index (κ1) is 16.4. The Bertz CT molecular complexity index is 534. The van der Waals surface area contributed by atoms with Crippen molar-refractivity contribution in [2.24, 2.45) is 0 Å². The molecule has 6 heteroatoms. The highest BCUT2D eigenvalue weighted by Crippen LogP contribution is 2.25. The summed E-state index contributed by atoms with van der Waals surface area (Å²) in [7, 11) is 0. The molecule has 0 bridgehead atoms. The summed E-state index contributed by atoms with van der Waals surface area (Å²) in [5, 5.41) is 12.0. The molecule has 0 aliphatic carbocycles. The number of nitrogens with zero attached hydrogens (tertiary/aromatic N) is 1. The summed E-state index contributed by atoms with van der Waals surface area (Å²) in [6.07, 6.45) is 2.57. The van der Waals surface area contributed by atoms with Gasteiger partial charge in [-0.1, -0.05) is 19.9 Å². The van der Waals surface area contributed by atoms with Crippen LogP contribution in [0.5, 0.6) is 0 Å². The number of carbonyl (C=O) groups is 2. The molecule has 0 saturated carbocycles. The third-order valence-electron chi connectivity index (χ3n) is 4.00. The van der Waals surface area contributed by atoms with E-state index in [1.807, 2.05) is 6.07 Å². The molecular weight excluding hydrogens is 284 g/mol. The van der Waals surface area contributed by atoms with E-state index in [-0.39, 0.29) is 12.3 Å². The normalized spacial score (nSPS) is 17.2. The van der Waals surface area contributed by atoms with Crippen molar-refractivity contribution in [1.82, 2.24) is 10.3 Å². The van der Waals surface area contributed by atoms with Crippen molar-refractivity contribution >= 4 is 11.9 Å². The molecule has 1 amide bonds. The number of pyridine rings is 1. The number of nitrogens with one attached hydrogen (secondary N) is 1. The first-order chi connectivity index (χ1) is 10.4. The second-order valence-corrected chi connectivity index (χ2v) is 6.05. The Hall–Kier alpha value is -1.95. The predicted octanol–water partition coefficient (Wildman–Crippen LogP) is 1.96. The maximum atomic E-state index is 12.4. The molecular formula is C16H22N2O4. The maximum Gasteiger partial charge on any atom is 0.305 e. The van der Waals surface area contributed by atoms with E-state index in [0.29, 0.717) is 37.7 Å². The predicted molar refractivity (Wildman–Crippen MR) is 80.8 cm³/mol. The van der Waals surface area contributed by atoms with Gasteiger partial charge < -0.3 is 15.2 Å². The highest BCUT2D eigenvalue weighted by atomic mass is 16.5. The third-order valence-corrected chi connectivity index (χ3v) is 4.00. The number of carboxylic acids is 1. The number of ether oxygens (including phenoxy) is 1. The summed E-state index contributed by atoms with van der Waals surface area (Å²) < 4.78 is 5.28. The maximum absolute atomic E-state index is 12.4. The number of hydrogen-bond acceptors (Lipinski definition) is 4. The minimum atomic E-state index is -0.926. The molecule has 6 nitrogen and oxygen atoms in total. The first-order valence-electron chi connectivity index (χ1n) is 7.50. The topological polar surface area (TPSA) is 88.5 Å². The minimum absolute atomic E-state index is 0.105. The van der Waals surface area contributed by atoms with Gasteiger partial charge in [0.1, 0.15) is 5.69 Å². The fraction of sp³-hybridized carbons (Fsp3) is 0.562. The minimum Gasteiger partial charge on any atom is -0.481 e. The van der Waals surface area contributed by atoms with Gasteiger partial charge in [-0.15, -0.1) is 0 Å². The Morgan fingerprint density at radius 2 is 2.05 bits per heavy atom. The molecule has 0 unspecified atom stereocenters. The molecule has 120 valence electrons. The lowest BCUT2D eigenvalue weighted by atomic mass is 9.86. The summed E-state index contributed by atoms with van der Waals surface area (Å²) in [6, 6.07) is 3.55. The smallest absolute Gasteiger partial charge is 0.305 e. The average molecular weight is 306 g/mol. The lowest BCUT2D eigenvalue weighted by Crippen LogP contribution is -2.53. The summed E-state index contributed by atoms with van der Waals surface area (Å²) in [5.41, 5.74) is 0.614. The van der Waals surface area contributed by atoms with Crippen LogP contribution in [0.1, 0.15) is 55.1 Å². The van der Waals surface area contributed by atoms with Crippen LogP contribution < -0.4 is 5.32 Å². The molecule has 22 heavy (non-hydrogen) atoms. The van der Waals surface area contributed by atoms with Crippen molar-refractivity contribution < 1.29 is 19.4 Å². The van der Waals surface area contributed by atoms with Crippen molar-refractivity contribution in [1.29, 1.82) is 0 Å². The van der Waals surface area contributed by atoms with Gasteiger partial charge in [-0.05, 0) is 30.4 Å². The number of rotatable bonds is 5. The quantitative estimate of drug-likeness (QED) is 0.868. The lowest BCUT2D eigenvalue weighted by Gasteiger charge is -2.36. The van der Waals surface area contributed by atoms with Gasteiger partial charge in [0.25, 0.3) is 5.91 Å². The number of hydrogen-bond donors (Lipinski definition) is 2. The molecule has 1 aliphatic heterocycles. The zero-order valence-electron chi connectivity index (χ0n) is 13.0. The fourth-order valence-corrected chi connectivity index (χ4v) is 2.58. The monoisotopic (exact) mass is 306 g/mol. The molecule has 2 rings (SSSR count). The van der Waals surface area contributed by atoms with E-state index in [1.165, 1.54) is 0 Å². The van der Waals surface area contributed by atoms with Gasteiger partial charge in [0.05, 0.1) is 12.0 Å². The van der Waals surface area contributed by atoms with Crippen LogP contribution in [0.4, 0.5) is 0 Å². The number of aliphatic carboxylic acids is 1. The Morgan fingerprint density at radius 1 is 1.36 bits per heavy atom. The molecule has 2 N–H and O–H groups in total. The van der Waals surface area contributed by atoms with Crippen LogP contribution in [0.2, 0.25) is 0 Å². The van der Waals surface area contributed by atoms with Gasteiger partial charge in [-0.3, -0.25) is 14.6 Å². The van der Waals surface area contributed by atoms with Gasteiger partial charge >= 0.3 is 5.97 Å². The summed E-state index contributed by atoms with van der Waals surface area (Å²) >= 11 is 0. The van der Waals surface area contributed by atoms with Crippen molar-refractivity contribution in [3.05, 3.63) is 29.6 Å². The van der Waals surface area contributed by atoms with Gasteiger partial charge in [0.15, 0.2) is 0 Å². The first-order valence-corrected chi connectivity index (χ1v) is 7.50. The SMILES string of the molecule is CC(C)c1ccc(C(=O)NC2(CC(=O)O)CCOCC2)nc1. The average Bonchev–Trinajstić information content (AvgIpc) is 2.47. The van der Waals surface area contributed by atoms with Crippen molar-refractivity contribution in [2.75, 3.05) is 13.2 Å². The van der Waals surface area contributed by atoms with Crippen molar-refractivity contribution in [3.63, 3.8) is 0 Å². The molecule has 2 heterocycles. The van der Waals surface area contributed by atoms with E-state index in [9.17, 15) is 9.59 Å². The zero-order valence-corrected chi connectivity index (χ0v) is 13.0. The Morgan fingerprint density at radius 3 is 2.55 bits per heavy atom. The Labute approximate surface area is 129 Å². The van der Waals surface area contributed by atoms with E-state index in [0.717, 1.165) is 5.56 Å². The second-order valence-electron chi connectivity index (χ2n) is 6.05. The van der Waals surface area contributed by atoms with Crippen LogP contribution in [0, 0.1) is 0 Å². The molecule has 0 radical (unpaired) electrons. The van der Waals surface area contributed by atoms with Crippen LogP contribution in [0.3, 0.4) is 0 Å². The molecule has 1 saturated heterocycles. The number of aromatic nitrogens is 1. The Kier molecular flexibility index (Phi) is 5.13. The van der Waals surface area contributed by atoms with Crippen LogP contribution in [0.25, 0.3) is 0 Å². The number of amides is 1. The highest BCUT2D eigenvalue weighted by molar-refractivity contribution is 5.93. The van der Waals surface area contributed by atoms with E-state index < -0.39 is 11.5 Å². The molecule has 1 aliphatic rings. The van der Waals surface area contributed by atoms with Crippen LogP contribution >= 0.6 is 0 Å². The molecule has 0 spiro atoms. The van der Waals surface area contributed by atoms with Gasteiger partial charge in [-0.25, -0.2) is 0 Å². The van der Waals surface area contributed by atoms with Crippen molar-refractivity contribution in [3.8, 4) is 0 Å². The number of carbonyl (C=O) groups excluding carboxylic acids is 1. The lowest BCUT2D eigenvalue weighted by molar-refractivity contribution is -0.139. The summed E-state index contributed by atoms with van der Waals surface area (Å²) in [5.74, 6) is -0.915. The molecule has 0 aromatic carbocycles. The zero-order chi connectivity index (χ0) is 16.2.